The van der Waals surface area contributed by atoms with Crippen LogP contribution in [0.15, 0.2) is 60.7 Å². The fourth-order valence-corrected chi connectivity index (χ4v) is 3.99. The molecule has 148 valence electrons. The molecule has 2 nitrogen and oxygen atoms in total. The number of benzene rings is 2. The Morgan fingerprint density at radius 3 is 1.81 bits per heavy atom. The molecular formula is C24H37NOSi. The van der Waals surface area contributed by atoms with Crippen molar-refractivity contribution >= 4 is 8.32 Å². The molecule has 27 heavy (non-hydrogen) atoms. The normalized spacial score (nSPS) is 13.7. The molecule has 0 saturated heterocycles. The van der Waals surface area contributed by atoms with Gasteiger partial charge in [0.2, 0.25) is 0 Å². The minimum absolute atomic E-state index is 0.273. The van der Waals surface area contributed by atoms with Gasteiger partial charge in [-0.2, -0.15) is 0 Å². The van der Waals surface area contributed by atoms with Crippen molar-refractivity contribution in [3.8, 4) is 0 Å². The molecule has 0 amide bonds. The van der Waals surface area contributed by atoms with Crippen molar-refractivity contribution in [2.75, 3.05) is 13.2 Å². The van der Waals surface area contributed by atoms with E-state index in [1.54, 1.807) is 0 Å². The maximum absolute atomic E-state index is 6.34. The average molecular weight is 384 g/mol. The van der Waals surface area contributed by atoms with Crippen LogP contribution in [0.25, 0.3) is 0 Å². The third kappa shape index (κ3) is 6.60. The first-order valence-electron chi connectivity index (χ1n) is 10.2. The molecule has 2 aromatic rings. The van der Waals surface area contributed by atoms with Gasteiger partial charge < -0.3 is 9.74 Å². The second kappa shape index (κ2) is 9.68. The Balaban J connectivity index is 1.91. The molecule has 0 radical (unpaired) electrons. The summed E-state index contributed by atoms with van der Waals surface area (Å²) in [5.41, 5.74) is 2.72. The van der Waals surface area contributed by atoms with Crippen LogP contribution in [0.4, 0.5) is 0 Å². The Morgan fingerprint density at radius 2 is 1.37 bits per heavy atom. The van der Waals surface area contributed by atoms with Gasteiger partial charge in [0, 0.05) is 25.1 Å². The summed E-state index contributed by atoms with van der Waals surface area (Å²) in [5, 5.41) is 4.01. The van der Waals surface area contributed by atoms with Crippen molar-refractivity contribution in [1.82, 2.24) is 5.32 Å². The SMILES string of the molecule is C[C@H](CCO[Si](C)(C)C(C)(C)C)NCC(c1ccccc1)c1ccccc1. The largest absolute Gasteiger partial charge is 0.417 e. The van der Waals surface area contributed by atoms with E-state index in [0.717, 1.165) is 19.6 Å². The second-order valence-corrected chi connectivity index (χ2v) is 13.9. The van der Waals surface area contributed by atoms with Crippen molar-refractivity contribution in [3.05, 3.63) is 71.8 Å². The van der Waals surface area contributed by atoms with Gasteiger partial charge in [-0.3, -0.25) is 0 Å². The number of hydrogen-bond donors (Lipinski definition) is 1. The number of hydrogen-bond acceptors (Lipinski definition) is 2. The predicted octanol–water partition coefficient (Wildman–Crippen LogP) is 6.21. The van der Waals surface area contributed by atoms with Crippen LogP contribution < -0.4 is 5.32 Å². The maximum atomic E-state index is 6.34. The first kappa shape index (κ1) is 21.9. The highest BCUT2D eigenvalue weighted by molar-refractivity contribution is 6.74. The minimum Gasteiger partial charge on any atom is -0.417 e. The standard InChI is InChI=1S/C24H37NOSi/c1-20(17-18-26-27(5,6)24(2,3)4)25-19-23(21-13-9-7-10-14-21)22-15-11-8-12-16-22/h7-16,20,23,25H,17-19H2,1-6H3/t20-/m1/s1. The van der Waals surface area contributed by atoms with Crippen molar-refractivity contribution in [2.45, 2.75) is 64.2 Å². The molecule has 0 aliphatic rings. The van der Waals surface area contributed by atoms with Crippen LogP contribution in [0.5, 0.6) is 0 Å². The van der Waals surface area contributed by atoms with Gasteiger partial charge in [-0.05, 0) is 42.6 Å². The van der Waals surface area contributed by atoms with Crippen LogP contribution in [0.1, 0.15) is 51.2 Å². The molecule has 0 aliphatic heterocycles. The summed E-state index contributed by atoms with van der Waals surface area (Å²) in [5.74, 6) is 0.371. The molecule has 1 N–H and O–H groups in total. The lowest BCUT2D eigenvalue weighted by Crippen LogP contribution is -2.42. The zero-order valence-electron chi connectivity index (χ0n) is 18.0. The van der Waals surface area contributed by atoms with Gasteiger partial charge in [0.1, 0.15) is 0 Å². The molecule has 2 aromatic carbocycles. The Morgan fingerprint density at radius 1 is 0.889 bits per heavy atom. The van der Waals surface area contributed by atoms with Crippen molar-refractivity contribution in [1.29, 1.82) is 0 Å². The summed E-state index contributed by atoms with van der Waals surface area (Å²) in [6.45, 7) is 15.6. The summed E-state index contributed by atoms with van der Waals surface area (Å²) in [4.78, 5) is 0. The zero-order chi connectivity index (χ0) is 19.9. The van der Waals surface area contributed by atoms with Gasteiger partial charge >= 0.3 is 0 Å². The molecule has 0 fully saturated rings. The van der Waals surface area contributed by atoms with Crippen molar-refractivity contribution in [3.63, 3.8) is 0 Å². The lowest BCUT2D eigenvalue weighted by Gasteiger charge is -2.36. The van der Waals surface area contributed by atoms with Gasteiger partial charge in [0.15, 0.2) is 8.32 Å². The van der Waals surface area contributed by atoms with E-state index in [1.165, 1.54) is 11.1 Å². The van der Waals surface area contributed by atoms with Gasteiger partial charge in [-0.15, -0.1) is 0 Å². The second-order valence-electron chi connectivity index (χ2n) is 9.08. The summed E-state index contributed by atoms with van der Waals surface area (Å²) in [7, 11) is -1.65. The Bertz CT molecular complexity index is 624. The third-order valence-corrected chi connectivity index (χ3v) is 10.4. The summed E-state index contributed by atoms with van der Waals surface area (Å²) < 4.78 is 6.34. The van der Waals surface area contributed by atoms with Crippen molar-refractivity contribution < 1.29 is 4.43 Å². The third-order valence-electron chi connectivity index (χ3n) is 5.89. The fraction of sp³-hybridized carbons (Fsp3) is 0.500. The molecule has 0 aromatic heterocycles. The van der Waals surface area contributed by atoms with Crippen LogP contribution in [0.2, 0.25) is 18.1 Å². The molecule has 2 rings (SSSR count). The van der Waals surface area contributed by atoms with E-state index in [0.29, 0.717) is 12.0 Å². The predicted molar refractivity (Wildman–Crippen MR) is 120 cm³/mol. The summed E-state index contributed by atoms with van der Waals surface area (Å²) in [6.07, 6.45) is 1.04. The summed E-state index contributed by atoms with van der Waals surface area (Å²) >= 11 is 0. The van der Waals surface area contributed by atoms with E-state index in [-0.39, 0.29) is 5.04 Å². The molecule has 1 atom stereocenters. The molecule has 3 heteroatoms. The quantitative estimate of drug-likeness (QED) is 0.520. The number of rotatable bonds is 9. The maximum Gasteiger partial charge on any atom is 0.191 e. The average Bonchev–Trinajstić information content (AvgIpc) is 2.62. The van der Waals surface area contributed by atoms with Gasteiger partial charge in [0.05, 0.1) is 0 Å². The lowest BCUT2D eigenvalue weighted by atomic mass is 9.91. The summed E-state index contributed by atoms with van der Waals surface area (Å²) in [6, 6.07) is 22.0. The molecule has 0 bridgehead atoms. The van der Waals surface area contributed by atoms with Crippen LogP contribution in [0, 0.1) is 0 Å². The van der Waals surface area contributed by atoms with Crippen molar-refractivity contribution in [2.24, 2.45) is 0 Å². The molecular weight excluding hydrogens is 346 g/mol. The van der Waals surface area contributed by atoms with E-state index >= 15 is 0 Å². The Labute approximate surface area is 167 Å². The topological polar surface area (TPSA) is 21.3 Å². The van der Waals surface area contributed by atoms with E-state index in [9.17, 15) is 0 Å². The van der Waals surface area contributed by atoms with E-state index in [4.69, 9.17) is 4.43 Å². The zero-order valence-corrected chi connectivity index (χ0v) is 19.0. The molecule has 0 unspecified atom stereocenters. The molecule has 0 aliphatic carbocycles. The van der Waals surface area contributed by atoms with Crippen LogP contribution in [0.3, 0.4) is 0 Å². The highest BCUT2D eigenvalue weighted by Crippen LogP contribution is 2.36. The number of nitrogens with one attached hydrogen (secondary N) is 1. The van der Waals surface area contributed by atoms with Gasteiger partial charge in [0.25, 0.3) is 0 Å². The highest BCUT2D eigenvalue weighted by Gasteiger charge is 2.36. The monoisotopic (exact) mass is 383 g/mol. The molecule has 0 spiro atoms. The van der Waals surface area contributed by atoms with Crippen LogP contribution in [-0.2, 0) is 4.43 Å². The minimum atomic E-state index is -1.65. The molecule has 0 heterocycles. The first-order chi connectivity index (χ1) is 12.7. The van der Waals surface area contributed by atoms with E-state index in [1.807, 2.05) is 0 Å². The Kier molecular flexibility index (Phi) is 7.84. The Hall–Kier alpha value is -1.42. The fourth-order valence-electron chi connectivity index (χ4n) is 2.93. The highest BCUT2D eigenvalue weighted by atomic mass is 28.4. The van der Waals surface area contributed by atoms with Crippen LogP contribution in [-0.4, -0.2) is 27.5 Å². The smallest absolute Gasteiger partial charge is 0.191 e. The van der Waals surface area contributed by atoms with Crippen LogP contribution >= 0.6 is 0 Å². The van der Waals surface area contributed by atoms with Gasteiger partial charge in [-0.1, -0.05) is 81.4 Å². The van der Waals surface area contributed by atoms with E-state index in [2.05, 4.69) is 107 Å². The molecule has 0 saturated carbocycles. The van der Waals surface area contributed by atoms with Gasteiger partial charge in [-0.25, -0.2) is 0 Å². The van der Waals surface area contributed by atoms with E-state index < -0.39 is 8.32 Å². The first-order valence-corrected chi connectivity index (χ1v) is 13.1. The lowest BCUT2D eigenvalue weighted by molar-refractivity contribution is 0.265.